The normalized spacial score (nSPS) is 16.4. The highest BCUT2D eigenvalue weighted by Gasteiger charge is 2.19. The fourth-order valence-electron chi connectivity index (χ4n) is 1.57. The van der Waals surface area contributed by atoms with Gasteiger partial charge >= 0.3 is 0 Å². The molecule has 0 amide bonds. The Morgan fingerprint density at radius 2 is 2.25 bits per heavy atom. The molecule has 0 saturated heterocycles. The summed E-state index contributed by atoms with van der Waals surface area (Å²) in [6, 6.07) is 5.40. The summed E-state index contributed by atoms with van der Waals surface area (Å²) in [5, 5.41) is 7.50. The molecule has 16 heavy (non-hydrogen) atoms. The smallest absolute Gasteiger partial charge is 0.215 e. The van der Waals surface area contributed by atoms with Crippen molar-refractivity contribution < 1.29 is 8.42 Å². The van der Waals surface area contributed by atoms with Gasteiger partial charge in [-0.1, -0.05) is 6.07 Å². The van der Waals surface area contributed by atoms with Crippen molar-refractivity contribution in [3.63, 3.8) is 0 Å². The summed E-state index contributed by atoms with van der Waals surface area (Å²) in [4.78, 5) is 4.06. The molecule has 86 valence electrons. The summed E-state index contributed by atoms with van der Waals surface area (Å²) in [6.45, 7) is 2.13. The number of nitrogens with zero attached hydrogens (tertiary/aromatic N) is 1. The molecule has 1 aliphatic rings. The Bertz CT molecular complexity index is 537. The molecule has 1 unspecified atom stereocenters. The minimum atomic E-state index is -3.55. The number of rotatable bonds is 2. The van der Waals surface area contributed by atoms with Crippen molar-refractivity contribution in [1.82, 2.24) is 0 Å². The molecule has 1 aromatic carbocycles. The Kier molecular flexibility index (Phi) is 2.69. The van der Waals surface area contributed by atoms with Gasteiger partial charge < -0.3 is 5.32 Å². The Hall–Kier alpha value is -1.40. The summed E-state index contributed by atoms with van der Waals surface area (Å²) in [5.41, 5.74) is 2.52. The van der Waals surface area contributed by atoms with E-state index in [1.54, 1.807) is 25.3 Å². The fraction of sp³-hybridized carbons (Fsp3) is 0.300. The zero-order valence-electron chi connectivity index (χ0n) is 8.84. The van der Waals surface area contributed by atoms with Gasteiger partial charge in [-0.15, -0.1) is 0 Å². The lowest BCUT2D eigenvalue weighted by Gasteiger charge is -2.15. The third kappa shape index (κ3) is 2.07. The molecule has 3 N–H and O–H groups in total. The number of nitrogens with two attached hydrogens (primary N) is 1. The number of sulfonamides is 1. The SMILES string of the molecule is CC(c1ccc2c(c1)C=NCN2)S(N)(=O)=O. The second-order valence-corrected chi connectivity index (χ2v) is 5.61. The predicted octanol–water partition coefficient (Wildman–Crippen LogP) is 0.838. The van der Waals surface area contributed by atoms with E-state index in [0.29, 0.717) is 12.2 Å². The van der Waals surface area contributed by atoms with Crippen LogP contribution >= 0.6 is 0 Å². The molecule has 6 heteroatoms. The van der Waals surface area contributed by atoms with Gasteiger partial charge in [0, 0.05) is 17.5 Å². The van der Waals surface area contributed by atoms with Crippen LogP contribution in [-0.2, 0) is 10.0 Å². The second-order valence-electron chi connectivity index (χ2n) is 3.72. The fourth-order valence-corrected chi connectivity index (χ4v) is 2.09. The predicted molar refractivity (Wildman–Crippen MR) is 64.0 cm³/mol. The highest BCUT2D eigenvalue weighted by Crippen LogP contribution is 2.25. The van der Waals surface area contributed by atoms with Crippen LogP contribution in [0, 0.1) is 0 Å². The van der Waals surface area contributed by atoms with Crippen LogP contribution in [0.1, 0.15) is 23.3 Å². The molecule has 1 aliphatic heterocycles. The number of anilines is 1. The van der Waals surface area contributed by atoms with E-state index in [4.69, 9.17) is 5.14 Å². The maximum Gasteiger partial charge on any atom is 0.215 e. The van der Waals surface area contributed by atoms with E-state index in [9.17, 15) is 8.42 Å². The molecule has 1 heterocycles. The van der Waals surface area contributed by atoms with Crippen LogP contribution in [-0.4, -0.2) is 21.3 Å². The molecule has 0 aromatic heterocycles. The average Bonchev–Trinajstić information content (AvgIpc) is 2.26. The molecule has 0 aliphatic carbocycles. The number of hydrogen-bond acceptors (Lipinski definition) is 4. The average molecular weight is 239 g/mol. The maximum absolute atomic E-state index is 11.2. The molecule has 1 atom stereocenters. The van der Waals surface area contributed by atoms with E-state index in [2.05, 4.69) is 10.3 Å². The first-order valence-corrected chi connectivity index (χ1v) is 6.48. The van der Waals surface area contributed by atoms with Gasteiger partial charge in [0.25, 0.3) is 0 Å². The summed E-state index contributed by atoms with van der Waals surface area (Å²) in [7, 11) is -3.55. The van der Waals surface area contributed by atoms with E-state index in [-0.39, 0.29) is 0 Å². The van der Waals surface area contributed by atoms with Crippen molar-refractivity contribution in [2.75, 3.05) is 12.0 Å². The molecule has 1 aromatic rings. The monoisotopic (exact) mass is 239 g/mol. The van der Waals surface area contributed by atoms with Crippen LogP contribution in [0.15, 0.2) is 23.2 Å². The second kappa shape index (κ2) is 3.88. The van der Waals surface area contributed by atoms with Crippen molar-refractivity contribution >= 4 is 21.9 Å². The highest BCUT2D eigenvalue weighted by molar-refractivity contribution is 7.89. The molecule has 0 bridgehead atoms. The number of hydrogen-bond donors (Lipinski definition) is 2. The summed E-state index contributed by atoms with van der Waals surface area (Å²) >= 11 is 0. The number of aliphatic imine (C=N–C) groups is 1. The lowest BCUT2D eigenvalue weighted by atomic mass is 10.1. The Morgan fingerprint density at radius 1 is 1.50 bits per heavy atom. The van der Waals surface area contributed by atoms with Crippen molar-refractivity contribution in [3.05, 3.63) is 29.3 Å². The van der Waals surface area contributed by atoms with Gasteiger partial charge in [0.1, 0.15) is 6.67 Å². The quantitative estimate of drug-likeness (QED) is 0.802. The highest BCUT2D eigenvalue weighted by atomic mass is 32.2. The lowest BCUT2D eigenvalue weighted by Crippen LogP contribution is -2.19. The van der Waals surface area contributed by atoms with E-state index in [0.717, 1.165) is 11.3 Å². The molecule has 2 rings (SSSR count). The van der Waals surface area contributed by atoms with Gasteiger partial charge in [-0.05, 0) is 24.6 Å². The first-order chi connectivity index (χ1) is 7.48. The standard InChI is InChI=1S/C10H13N3O2S/c1-7(16(11,14)15)8-2-3-10-9(4-8)5-12-6-13-10/h2-5,7,13H,6H2,1H3,(H2,11,14,15). The molecule has 0 fully saturated rings. The third-order valence-corrected chi connectivity index (χ3v) is 3.89. The molecule has 5 nitrogen and oxygen atoms in total. The Labute approximate surface area is 94.4 Å². The van der Waals surface area contributed by atoms with Crippen LogP contribution in [0.5, 0.6) is 0 Å². The van der Waals surface area contributed by atoms with Gasteiger partial charge in [-0.25, -0.2) is 13.6 Å². The maximum atomic E-state index is 11.2. The van der Waals surface area contributed by atoms with Gasteiger partial charge in [-0.2, -0.15) is 0 Å². The molecule has 0 spiro atoms. The van der Waals surface area contributed by atoms with E-state index >= 15 is 0 Å². The minimum absolute atomic E-state index is 0.553. The van der Waals surface area contributed by atoms with Gasteiger partial charge in [0.2, 0.25) is 10.0 Å². The zero-order valence-corrected chi connectivity index (χ0v) is 9.66. The van der Waals surface area contributed by atoms with Crippen LogP contribution < -0.4 is 10.5 Å². The lowest BCUT2D eigenvalue weighted by molar-refractivity contribution is 0.588. The topological polar surface area (TPSA) is 84.5 Å². The first kappa shape index (κ1) is 11.1. The van der Waals surface area contributed by atoms with Gasteiger partial charge in [0.15, 0.2) is 0 Å². The minimum Gasteiger partial charge on any atom is -0.366 e. The van der Waals surface area contributed by atoms with Crippen molar-refractivity contribution in [3.8, 4) is 0 Å². The van der Waals surface area contributed by atoms with Gasteiger partial charge in [0.05, 0.1) is 5.25 Å². The van der Waals surface area contributed by atoms with Crippen LogP contribution in [0.2, 0.25) is 0 Å². The molecule has 0 saturated carbocycles. The number of fused-ring (bicyclic) bond motifs is 1. The Morgan fingerprint density at radius 3 is 2.94 bits per heavy atom. The summed E-state index contributed by atoms with van der Waals surface area (Å²) in [6.07, 6.45) is 1.73. The van der Waals surface area contributed by atoms with Crippen molar-refractivity contribution in [2.45, 2.75) is 12.2 Å². The van der Waals surface area contributed by atoms with Crippen molar-refractivity contribution in [1.29, 1.82) is 0 Å². The molecular formula is C10H13N3O2S. The zero-order chi connectivity index (χ0) is 11.8. The van der Waals surface area contributed by atoms with Gasteiger partial charge in [-0.3, -0.25) is 4.99 Å². The summed E-state index contributed by atoms with van der Waals surface area (Å²) in [5.74, 6) is 0. The third-order valence-electron chi connectivity index (χ3n) is 2.63. The number of benzene rings is 1. The Balaban J connectivity index is 2.42. The van der Waals surface area contributed by atoms with Crippen molar-refractivity contribution in [2.24, 2.45) is 10.1 Å². The van der Waals surface area contributed by atoms with E-state index in [1.165, 1.54) is 0 Å². The van der Waals surface area contributed by atoms with E-state index < -0.39 is 15.3 Å². The summed E-state index contributed by atoms with van der Waals surface area (Å²) < 4.78 is 22.5. The largest absolute Gasteiger partial charge is 0.366 e. The number of nitrogens with one attached hydrogen (secondary N) is 1. The van der Waals surface area contributed by atoms with Crippen LogP contribution in [0.25, 0.3) is 0 Å². The van der Waals surface area contributed by atoms with Crippen LogP contribution in [0.3, 0.4) is 0 Å². The molecule has 0 radical (unpaired) electrons. The first-order valence-electron chi connectivity index (χ1n) is 4.88. The van der Waals surface area contributed by atoms with Crippen LogP contribution in [0.4, 0.5) is 5.69 Å². The number of primary sulfonamides is 1. The molecular weight excluding hydrogens is 226 g/mol. The van der Waals surface area contributed by atoms with E-state index in [1.807, 2.05) is 6.07 Å².